The summed E-state index contributed by atoms with van der Waals surface area (Å²) in [7, 11) is 0. The summed E-state index contributed by atoms with van der Waals surface area (Å²) in [6, 6.07) is 1.46. The average Bonchev–Trinajstić information content (AvgIpc) is 3.48. The van der Waals surface area contributed by atoms with E-state index in [0.29, 0.717) is 12.1 Å². The molecule has 3 aliphatic rings. The summed E-state index contributed by atoms with van der Waals surface area (Å²) in [6.45, 7) is 8.81. The number of hydrogen-bond donors (Lipinski definition) is 2. The van der Waals surface area contributed by atoms with E-state index in [9.17, 15) is 0 Å². The maximum atomic E-state index is 5.92. The molecule has 26 heavy (non-hydrogen) atoms. The van der Waals surface area contributed by atoms with Crippen molar-refractivity contribution in [1.82, 2.24) is 15.5 Å². The van der Waals surface area contributed by atoms with Crippen LogP contribution in [0.1, 0.15) is 51.9 Å². The Morgan fingerprint density at radius 1 is 1.12 bits per heavy atom. The molecule has 0 radical (unpaired) electrons. The third-order valence-electron chi connectivity index (χ3n) is 5.37. The van der Waals surface area contributed by atoms with E-state index in [-0.39, 0.29) is 24.0 Å². The monoisotopic (exact) mass is 480 g/mol. The third-order valence-corrected chi connectivity index (χ3v) is 5.37. The molecule has 0 spiro atoms. The van der Waals surface area contributed by atoms with Gasteiger partial charge in [-0.15, -0.1) is 24.0 Å². The van der Waals surface area contributed by atoms with Crippen molar-refractivity contribution in [2.75, 3.05) is 46.0 Å². The second-order valence-electron chi connectivity index (χ2n) is 7.48. The molecule has 2 heterocycles. The van der Waals surface area contributed by atoms with Gasteiger partial charge in [0.25, 0.3) is 0 Å². The molecule has 0 amide bonds. The molecule has 0 aromatic carbocycles. The van der Waals surface area contributed by atoms with E-state index in [1.165, 1.54) is 38.8 Å². The number of halogens is 1. The number of likely N-dealkylation sites (tertiary alicyclic amines) is 1. The molecule has 0 unspecified atom stereocenters. The number of rotatable bonds is 8. The Labute approximate surface area is 175 Å². The first-order valence-corrected chi connectivity index (χ1v) is 10.3. The van der Waals surface area contributed by atoms with Gasteiger partial charge in [0.15, 0.2) is 5.96 Å². The Morgan fingerprint density at radius 3 is 2.50 bits per heavy atom. The molecule has 152 valence electrons. The molecule has 2 aliphatic heterocycles. The van der Waals surface area contributed by atoms with Gasteiger partial charge in [-0.3, -0.25) is 4.99 Å². The first-order chi connectivity index (χ1) is 12.3. The predicted octanol–water partition coefficient (Wildman–Crippen LogP) is 2.37. The lowest BCUT2D eigenvalue weighted by Crippen LogP contribution is -2.49. The van der Waals surface area contributed by atoms with Gasteiger partial charge in [0, 0.05) is 58.1 Å². The van der Waals surface area contributed by atoms with Crippen LogP contribution < -0.4 is 10.6 Å². The lowest BCUT2D eigenvalue weighted by atomic mass is 10.1. The zero-order chi connectivity index (χ0) is 17.3. The molecular weight excluding hydrogens is 443 g/mol. The molecule has 1 aliphatic carbocycles. The standard InChI is InChI=1S/C19H36N4O2.HI/c1-2-20-19(21-10-3-13-25-18-8-14-24-15-9-18)22-16-6-11-23(12-7-16)17-4-5-17;/h16-18H,2-15H2,1H3,(H2,20,21,22);1H. The Hall–Kier alpha value is -0.120. The molecule has 0 atom stereocenters. The SMILES string of the molecule is CCNC(=NCCCOC1CCOCC1)NC1CCN(C2CC2)CC1.I. The molecule has 0 aromatic heterocycles. The van der Waals surface area contributed by atoms with E-state index >= 15 is 0 Å². The highest BCUT2D eigenvalue weighted by molar-refractivity contribution is 14.0. The van der Waals surface area contributed by atoms with E-state index in [2.05, 4.69) is 22.5 Å². The molecule has 3 fully saturated rings. The molecule has 2 saturated heterocycles. The van der Waals surface area contributed by atoms with Crippen LogP contribution in [0.25, 0.3) is 0 Å². The summed E-state index contributed by atoms with van der Waals surface area (Å²) >= 11 is 0. The van der Waals surface area contributed by atoms with Crippen LogP contribution in [0.3, 0.4) is 0 Å². The summed E-state index contributed by atoms with van der Waals surface area (Å²) in [5.74, 6) is 0.971. The summed E-state index contributed by atoms with van der Waals surface area (Å²) in [4.78, 5) is 7.40. The van der Waals surface area contributed by atoms with Gasteiger partial charge in [0.05, 0.1) is 6.10 Å². The second-order valence-corrected chi connectivity index (χ2v) is 7.48. The molecule has 6 nitrogen and oxygen atoms in total. The fourth-order valence-corrected chi connectivity index (χ4v) is 3.71. The van der Waals surface area contributed by atoms with E-state index in [4.69, 9.17) is 14.5 Å². The van der Waals surface area contributed by atoms with E-state index in [1.54, 1.807) is 0 Å². The van der Waals surface area contributed by atoms with Crippen LogP contribution in [0.5, 0.6) is 0 Å². The van der Waals surface area contributed by atoms with Crippen molar-refractivity contribution in [1.29, 1.82) is 0 Å². The van der Waals surface area contributed by atoms with Gasteiger partial charge in [-0.05, 0) is 51.9 Å². The zero-order valence-electron chi connectivity index (χ0n) is 16.3. The maximum Gasteiger partial charge on any atom is 0.191 e. The summed E-state index contributed by atoms with van der Waals surface area (Å²) < 4.78 is 11.3. The van der Waals surface area contributed by atoms with E-state index in [1.807, 2.05) is 0 Å². The Morgan fingerprint density at radius 2 is 1.85 bits per heavy atom. The van der Waals surface area contributed by atoms with Crippen molar-refractivity contribution in [2.24, 2.45) is 4.99 Å². The lowest BCUT2D eigenvalue weighted by Gasteiger charge is -2.33. The highest BCUT2D eigenvalue weighted by atomic mass is 127. The molecule has 2 N–H and O–H groups in total. The fourth-order valence-electron chi connectivity index (χ4n) is 3.71. The van der Waals surface area contributed by atoms with Crippen LogP contribution in [0.2, 0.25) is 0 Å². The van der Waals surface area contributed by atoms with Gasteiger partial charge < -0.3 is 25.0 Å². The number of hydrogen-bond acceptors (Lipinski definition) is 4. The molecular formula is C19H37IN4O2. The van der Waals surface area contributed by atoms with Crippen LogP contribution in [0.4, 0.5) is 0 Å². The van der Waals surface area contributed by atoms with Crippen molar-refractivity contribution in [3.63, 3.8) is 0 Å². The third kappa shape index (κ3) is 7.86. The van der Waals surface area contributed by atoms with Gasteiger partial charge in [0.2, 0.25) is 0 Å². The Balaban J connectivity index is 0.00000243. The van der Waals surface area contributed by atoms with Crippen LogP contribution in [0, 0.1) is 0 Å². The first kappa shape index (κ1) is 22.2. The Kier molecular flexibility index (Phi) is 10.5. The molecule has 7 heteroatoms. The smallest absolute Gasteiger partial charge is 0.191 e. The zero-order valence-corrected chi connectivity index (χ0v) is 18.6. The minimum absolute atomic E-state index is 0. The number of aliphatic imine (C=N–C) groups is 1. The first-order valence-electron chi connectivity index (χ1n) is 10.3. The summed E-state index contributed by atoms with van der Waals surface area (Å²) in [5.41, 5.74) is 0. The largest absolute Gasteiger partial charge is 0.381 e. The molecule has 3 rings (SSSR count). The van der Waals surface area contributed by atoms with Crippen molar-refractivity contribution in [3.05, 3.63) is 0 Å². The quantitative estimate of drug-likeness (QED) is 0.242. The molecule has 0 bridgehead atoms. The minimum Gasteiger partial charge on any atom is -0.381 e. The van der Waals surface area contributed by atoms with Crippen molar-refractivity contribution >= 4 is 29.9 Å². The van der Waals surface area contributed by atoms with Crippen LogP contribution >= 0.6 is 24.0 Å². The maximum absolute atomic E-state index is 5.92. The van der Waals surface area contributed by atoms with Crippen molar-refractivity contribution in [2.45, 2.75) is 70.1 Å². The topological polar surface area (TPSA) is 58.1 Å². The van der Waals surface area contributed by atoms with Gasteiger partial charge in [-0.25, -0.2) is 0 Å². The minimum atomic E-state index is 0. The fraction of sp³-hybridized carbons (Fsp3) is 0.947. The van der Waals surface area contributed by atoms with Gasteiger partial charge >= 0.3 is 0 Å². The van der Waals surface area contributed by atoms with Crippen LogP contribution in [-0.4, -0.2) is 75.0 Å². The van der Waals surface area contributed by atoms with E-state index in [0.717, 1.165) is 64.2 Å². The lowest BCUT2D eigenvalue weighted by molar-refractivity contribution is -0.0318. The number of nitrogens with zero attached hydrogens (tertiary/aromatic N) is 2. The van der Waals surface area contributed by atoms with Gasteiger partial charge in [-0.1, -0.05) is 0 Å². The highest BCUT2D eigenvalue weighted by Crippen LogP contribution is 2.29. The van der Waals surface area contributed by atoms with Gasteiger partial charge in [0.1, 0.15) is 0 Å². The number of guanidine groups is 1. The average molecular weight is 480 g/mol. The van der Waals surface area contributed by atoms with E-state index < -0.39 is 0 Å². The molecule has 0 aromatic rings. The van der Waals surface area contributed by atoms with Crippen LogP contribution in [0.15, 0.2) is 4.99 Å². The number of piperidine rings is 1. The number of nitrogens with one attached hydrogen (secondary N) is 2. The normalized spacial score (nSPS) is 23.5. The highest BCUT2D eigenvalue weighted by Gasteiger charge is 2.31. The molecule has 1 saturated carbocycles. The van der Waals surface area contributed by atoms with Crippen molar-refractivity contribution in [3.8, 4) is 0 Å². The van der Waals surface area contributed by atoms with Crippen molar-refractivity contribution < 1.29 is 9.47 Å². The Bertz CT molecular complexity index is 406. The second kappa shape index (κ2) is 12.4. The summed E-state index contributed by atoms with van der Waals surface area (Å²) in [6.07, 6.45) is 8.73. The van der Waals surface area contributed by atoms with Crippen LogP contribution in [-0.2, 0) is 9.47 Å². The predicted molar refractivity (Wildman–Crippen MR) is 117 cm³/mol. The summed E-state index contributed by atoms with van der Waals surface area (Å²) in [5, 5.41) is 7.02. The number of ether oxygens (including phenoxy) is 2. The van der Waals surface area contributed by atoms with Gasteiger partial charge in [-0.2, -0.15) is 0 Å².